The fourth-order valence-electron chi connectivity index (χ4n) is 5.23. The van der Waals surface area contributed by atoms with Crippen LogP contribution >= 0.6 is 0 Å². The summed E-state index contributed by atoms with van der Waals surface area (Å²) in [4.78, 5) is 29.0. The van der Waals surface area contributed by atoms with Crippen LogP contribution in [0.3, 0.4) is 0 Å². The van der Waals surface area contributed by atoms with Crippen molar-refractivity contribution in [1.29, 1.82) is 0 Å². The van der Waals surface area contributed by atoms with Crippen LogP contribution in [0.5, 0.6) is 0 Å². The number of nitrogens with zero attached hydrogens (tertiary/aromatic N) is 1. The van der Waals surface area contributed by atoms with E-state index in [0.29, 0.717) is 16.7 Å². The van der Waals surface area contributed by atoms with Crippen LogP contribution in [-0.2, 0) is 6.42 Å². The number of allylic oxidation sites excluding steroid dienone is 1. The van der Waals surface area contributed by atoms with Gasteiger partial charge in [0.2, 0.25) is 0 Å². The van der Waals surface area contributed by atoms with E-state index in [1.165, 1.54) is 26.2 Å². The first-order valence-corrected chi connectivity index (χ1v) is 13.9. The van der Waals surface area contributed by atoms with Gasteiger partial charge in [0.15, 0.2) is 0 Å². The van der Waals surface area contributed by atoms with Crippen LogP contribution in [0.25, 0.3) is 16.8 Å². The number of anilines is 3. The summed E-state index contributed by atoms with van der Waals surface area (Å²) < 4.78 is 2.36. The molecule has 35 heavy (non-hydrogen) atoms. The number of ketones is 2. The Kier molecular flexibility index (Phi) is 4.67. The van der Waals surface area contributed by atoms with Crippen molar-refractivity contribution in [3.63, 3.8) is 0 Å². The summed E-state index contributed by atoms with van der Waals surface area (Å²) in [5.74, 6) is -0.316. The third-order valence-corrected chi connectivity index (χ3v) is 9.76. The molecule has 0 radical (unpaired) electrons. The summed E-state index contributed by atoms with van der Waals surface area (Å²) in [5.41, 5.74) is 6.43. The molecule has 5 aromatic rings. The van der Waals surface area contributed by atoms with Crippen molar-refractivity contribution in [2.24, 2.45) is 0 Å². The first kappa shape index (κ1) is 20.6. The van der Waals surface area contributed by atoms with E-state index in [1.807, 2.05) is 36.4 Å². The second-order valence-electron chi connectivity index (χ2n) is 8.87. The normalized spacial score (nSPS) is 15.4. The molecule has 0 bridgehead atoms. The van der Waals surface area contributed by atoms with Crippen molar-refractivity contribution in [3.8, 4) is 0 Å². The molecule has 1 aliphatic carbocycles. The number of benzene rings is 4. The Morgan fingerprint density at radius 2 is 1.37 bits per heavy atom. The Labute approximate surface area is 212 Å². The van der Waals surface area contributed by atoms with Crippen LogP contribution in [-0.4, -0.2) is 32.0 Å². The summed E-state index contributed by atoms with van der Waals surface area (Å²) in [5, 5.41) is 1.83. The van der Waals surface area contributed by atoms with Gasteiger partial charge in [-0.05, 0) is 0 Å². The third kappa shape index (κ3) is 3.18. The zero-order chi connectivity index (χ0) is 23.5. The third-order valence-electron chi connectivity index (χ3n) is 6.86. The molecule has 0 amide bonds. The van der Waals surface area contributed by atoms with Crippen LogP contribution in [0.1, 0.15) is 35.4 Å². The fraction of sp³-hybridized carbons (Fsp3) is 0.0323. The monoisotopic (exact) mass is 567 g/mol. The van der Waals surface area contributed by atoms with Crippen molar-refractivity contribution in [1.82, 2.24) is 0 Å². The molecule has 1 aliphatic heterocycles. The topological polar surface area (TPSA) is 37.4 Å². The van der Waals surface area contributed by atoms with Gasteiger partial charge in [-0.1, -0.05) is 0 Å². The molecule has 166 valence electrons. The number of para-hydroxylation sites is 2. The van der Waals surface area contributed by atoms with Crippen molar-refractivity contribution in [2.45, 2.75) is 6.42 Å². The van der Waals surface area contributed by atoms with Gasteiger partial charge in [-0.3, -0.25) is 0 Å². The number of Topliss-reactive ketones (excluding diaryl/α,β-unsaturated/α-hetero) is 2. The van der Waals surface area contributed by atoms with Gasteiger partial charge >= 0.3 is 213 Å². The maximum absolute atomic E-state index is 13.4. The van der Waals surface area contributed by atoms with E-state index in [0.717, 1.165) is 20.8 Å². The summed E-state index contributed by atoms with van der Waals surface area (Å²) in [6.07, 6.45) is 2.78. The van der Waals surface area contributed by atoms with E-state index in [2.05, 4.69) is 65.6 Å². The van der Waals surface area contributed by atoms with Crippen LogP contribution in [0.4, 0.5) is 15.1 Å². The molecule has 0 fully saturated rings. The molecule has 4 aromatic carbocycles. The predicted octanol–water partition coefficient (Wildman–Crippen LogP) is 6.73. The Morgan fingerprint density at radius 3 is 2.14 bits per heavy atom. The summed E-state index contributed by atoms with van der Waals surface area (Å²) in [7, 11) is 0. The number of carbonyl (C=O) groups is 2. The Morgan fingerprint density at radius 1 is 0.686 bits per heavy atom. The van der Waals surface area contributed by atoms with E-state index in [-0.39, 0.29) is 11.6 Å². The molecule has 2 heterocycles. The van der Waals surface area contributed by atoms with E-state index >= 15 is 0 Å². The average molecular weight is 565 g/mol. The van der Waals surface area contributed by atoms with Gasteiger partial charge in [0.25, 0.3) is 0 Å². The van der Waals surface area contributed by atoms with Gasteiger partial charge in [0.1, 0.15) is 0 Å². The molecule has 2 aliphatic rings. The zero-order valence-corrected chi connectivity index (χ0v) is 21.0. The second-order valence-corrected chi connectivity index (χ2v) is 12.0. The Bertz CT molecular complexity index is 1680. The molecule has 1 aromatic heterocycles. The molecule has 0 N–H and O–H groups in total. The SMILES string of the molecule is O=C1/C(=C\c2ccc(N3c4ccccc4Cc4ccccc43)[te]2)C(=O)c2c1ccc1ccccc21. The molecular formula is C31H19NO2Te. The number of fused-ring (bicyclic) bond motifs is 5. The molecule has 0 saturated heterocycles. The van der Waals surface area contributed by atoms with Gasteiger partial charge < -0.3 is 0 Å². The molecule has 7 rings (SSSR count). The van der Waals surface area contributed by atoms with Crippen LogP contribution < -0.4 is 4.90 Å². The number of hydrogen-bond acceptors (Lipinski definition) is 3. The zero-order valence-electron chi connectivity index (χ0n) is 18.7. The minimum atomic E-state index is -0.792. The quantitative estimate of drug-likeness (QED) is 0.133. The Hall–Kier alpha value is -3.71. The minimum absolute atomic E-state index is 0.155. The van der Waals surface area contributed by atoms with Crippen LogP contribution in [0.15, 0.2) is 103 Å². The number of carbonyl (C=O) groups excluding carboxylic acids is 2. The molecule has 0 spiro atoms. The van der Waals surface area contributed by atoms with Crippen LogP contribution in [0.2, 0.25) is 0 Å². The van der Waals surface area contributed by atoms with Crippen molar-refractivity contribution in [2.75, 3.05) is 4.90 Å². The Balaban J connectivity index is 1.31. The van der Waals surface area contributed by atoms with Crippen molar-refractivity contribution in [3.05, 3.63) is 128 Å². The fourth-order valence-corrected chi connectivity index (χ4v) is 8.02. The average Bonchev–Trinajstić information content (AvgIpc) is 3.45. The van der Waals surface area contributed by atoms with Crippen molar-refractivity contribution < 1.29 is 9.59 Å². The van der Waals surface area contributed by atoms with Gasteiger partial charge in [-0.2, -0.15) is 0 Å². The van der Waals surface area contributed by atoms with Crippen molar-refractivity contribution >= 4 is 63.9 Å². The second kappa shape index (κ2) is 7.92. The van der Waals surface area contributed by atoms with Gasteiger partial charge in [0, 0.05) is 0 Å². The van der Waals surface area contributed by atoms with E-state index in [9.17, 15) is 9.59 Å². The standard InChI is InChI=1S/C31H19NO2Te/c33-30-24-15-13-19-7-1-4-10-23(19)29(24)31(34)25(30)18-22-14-16-28(35-22)32-26-11-5-2-8-20(26)17-21-9-3-6-12-27(21)32/h1-16,18H,17H2/b25-18+. The van der Waals surface area contributed by atoms with E-state index in [4.69, 9.17) is 0 Å². The maximum atomic E-state index is 13.4. The first-order valence-electron chi connectivity index (χ1n) is 11.6. The first-order chi connectivity index (χ1) is 17.2. The molecular weight excluding hydrogens is 546 g/mol. The van der Waals surface area contributed by atoms with Gasteiger partial charge in [-0.15, -0.1) is 0 Å². The molecule has 0 unspecified atom stereocenters. The summed E-state index contributed by atoms with van der Waals surface area (Å²) >= 11 is -0.792. The van der Waals surface area contributed by atoms with E-state index < -0.39 is 20.4 Å². The molecule has 0 atom stereocenters. The van der Waals surface area contributed by atoms with E-state index in [1.54, 1.807) is 6.07 Å². The van der Waals surface area contributed by atoms with Gasteiger partial charge in [-0.25, -0.2) is 0 Å². The van der Waals surface area contributed by atoms with Crippen LogP contribution in [0, 0.1) is 0 Å². The number of hydrogen-bond donors (Lipinski definition) is 0. The van der Waals surface area contributed by atoms with Gasteiger partial charge in [0.05, 0.1) is 0 Å². The molecule has 3 nitrogen and oxygen atoms in total. The summed E-state index contributed by atoms with van der Waals surface area (Å²) in [6.45, 7) is 0. The summed E-state index contributed by atoms with van der Waals surface area (Å²) in [6, 6.07) is 32.9. The molecule has 4 heteroatoms. The predicted molar refractivity (Wildman–Crippen MR) is 141 cm³/mol. The molecule has 0 saturated carbocycles. The number of rotatable bonds is 2.